The molecule has 4 nitrogen and oxygen atoms in total. The van der Waals surface area contributed by atoms with Crippen LogP contribution in [0.4, 0.5) is 35.1 Å². The van der Waals surface area contributed by atoms with E-state index >= 15 is 8.78 Å². The quantitative estimate of drug-likeness (QED) is 0.308. The van der Waals surface area contributed by atoms with Crippen LogP contribution < -0.4 is 4.72 Å². The second-order valence-electron chi connectivity index (χ2n) is 9.14. The number of carboxylic acids is 1. The molecule has 1 unspecified atom stereocenters. The van der Waals surface area contributed by atoms with E-state index in [-0.39, 0.29) is 22.8 Å². The molecule has 2 aromatic carbocycles. The van der Waals surface area contributed by atoms with Crippen LogP contribution in [0.2, 0.25) is 0 Å². The number of carbonyl (C=O) groups is 1. The zero-order chi connectivity index (χ0) is 28.0. The molecule has 2 N–H and O–H groups in total. The van der Waals surface area contributed by atoms with E-state index < -0.39 is 80.8 Å². The van der Waals surface area contributed by atoms with Gasteiger partial charge in [0.2, 0.25) is 0 Å². The van der Waals surface area contributed by atoms with Crippen molar-refractivity contribution in [2.24, 2.45) is 0 Å². The standard InChI is InChI=1S/C23H23F8NO3S/c1-10-6-12(22(26,27)28)7-11(2)17(10)13-8-14(23(29,30)31)20(25)18(19(13)24)15(9-16(33)34)32-36(35)21(3,4)5/h6-8,15,32H,9H2,1-5H3,(H,33,34)/t15?,36-/m1/s1. The first kappa shape index (κ1) is 29.8. The van der Waals surface area contributed by atoms with E-state index in [0.29, 0.717) is 12.1 Å². The number of alkyl halides is 6. The predicted octanol–water partition coefficient (Wildman–Crippen LogP) is 6.85. The average Bonchev–Trinajstić information content (AvgIpc) is 2.65. The molecule has 0 amide bonds. The molecule has 0 aliphatic rings. The van der Waals surface area contributed by atoms with Crippen LogP contribution in [0.15, 0.2) is 18.2 Å². The van der Waals surface area contributed by atoms with Crippen molar-refractivity contribution in [1.29, 1.82) is 0 Å². The highest BCUT2D eigenvalue weighted by Gasteiger charge is 2.41. The van der Waals surface area contributed by atoms with Crippen LogP contribution in [0.1, 0.15) is 61.1 Å². The number of hydrogen-bond donors (Lipinski definition) is 2. The molecule has 36 heavy (non-hydrogen) atoms. The zero-order valence-electron chi connectivity index (χ0n) is 19.7. The fraction of sp³-hybridized carbons (Fsp3) is 0.435. The van der Waals surface area contributed by atoms with Gasteiger partial charge in [-0.2, -0.15) is 26.3 Å². The number of aryl methyl sites for hydroxylation is 2. The highest BCUT2D eigenvalue weighted by atomic mass is 32.2. The number of nitrogens with one attached hydrogen (secondary N) is 1. The Bertz CT molecular complexity index is 1130. The van der Waals surface area contributed by atoms with Crippen molar-refractivity contribution in [2.75, 3.05) is 0 Å². The Morgan fingerprint density at radius 1 is 0.972 bits per heavy atom. The summed E-state index contributed by atoms with van der Waals surface area (Å²) in [5.41, 5.74) is -6.11. The summed E-state index contributed by atoms with van der Waals surface area (Å²) in [7, 11) is 0. The van der Waals surface area contributed by atoms with Crippen molar-refractivity contribution in [2.45, 2.75) is 64.2 Å². The molecule has 0 radical (unpaired) electrons. The zero-order valence-corrected chi connectivity index (χ0v) is 20.5. The minimum Gasteiger partial charge on any atom is -0.598 e. The second-order valence-corrected chi connectivity index (χ2v) is 11.1. The summed E-state index contributed by atoms with van der Waals surface area (Å²) >= 11 is -2.15. The van der Waals surface area contributed by atoms with Crippen LogP contribution >= 0.6 is 0 Å². The Kier molecular flexibility index (Phi) is 8.43. The van der Waals surface area contributed by atoms with Gasteiger partial charge in [0.25, 0.3) is 0 Å². The second kappa shape index (κ2) is 10.2. The topological polar surface area (TPSA) is 72.4 Å². The van der Waals surface area contributed by atoms with Crippen molar-refractivity contribution in [3.63, 3.8) is 0 Å². The van der Waals surface area contributed by atoms with Gasteiger partial charge in [0.15, 0.2) is 0 Å². The van der Waals surface area contributed by atoms with Gasteiger partial charge >= 0.3 is 18.3 Å². The molecule has 0 saturated heterocycles. The number of rotatable bonds is 6. The number of hydrogen-bond acceptors (Lipinski definition) is 3. The lowest BCUT2D eigenvalue weighted by atomic mass is 9.88. The van der Waals surface area contributed by atoms with E-state index in [4.69, 9.17) is 0 Å². The molecule has 0 bridgehead atoms. The molecule has 0 aromatic heterocycles. The molecule has 0 saturated carbocycles. The van der Waals surface area contributed by atoms with Gasteiger partial charge in [-0.25, -0.2) is 8.78 Å². The number of benzene rings is 2. The third-order valence-corrected chi connectivity index (χ3v) is 6.81. The normalized spacial score (nSPS) is 14.6. The molecule has 0 aliphatic carbocycles. The number of halogens is 8. The van der Waals surface area contributed by atoms with E-state index in [0.717, 1.165) is 13.8 Å². The maximum absolute atomic E-state index is 15.8. The SMILES string of the molecule is Cc1cc(C(F)(F)F)cc(C)c1-c1cc(C(F)(F)F)c(F)c(C(CC(=O)O)N[S@+]([O-])C(C)(C)C)c1F. The lowest BCUT2D eigenvalue weighted by Crippen LogP contribution is -2.42. The average molecular weight is 545 g/mol. The highest BCUT2D eigenvalue weighted by Crippen LogP contribution is 2.43. The molecule has 0 spiro atoms. The summed E-state index contributed by atoms with van der Waals surface area (Å²) in [6, 6.07) is -0.645. The van der Waals surface area contributed by atoms with Gasteiger partial charge in [0, 0.05) is 22.5 Å². The summed E-state index contributed by atoms with van der Waals surface area (Å²) in [6.45, 7) is 6.55. The Balaban J connectivity index is 2.93. The van der Waals surface area contributed by atoms with Gasteiger partial charge in [-0.05, 0) is 69.5 Å². The maximum atomic E-state index is 15.8. The van der Waals surface area contributed by atoms with Crippen molar-refractivity contribution in [1.82, 2.24) is 4.72 Å². The molecule has 2 atom stereocenters. The first-order valence-electron chi connectivity index (χ1n) is 10.3. The lowest BCUT2D eigenvalue weighted by Gasteiger charge is -2.29. The van der Waals surface area contributed by atoms with Crippen LogP contribution in [0.3, 0.4) is 0 Å². The summed E-state index contributed by atoms with van der Waals surface area (Å²) in [4.78, 5) is 11.4. The van der Waals surface area contributed by atoms with Gasteiger partial charge in [0.1, 0.15) is 16.4 Å². The summed E-state index contributed by atoms with van der Waals surface area (Å²) in [6.07, 6.45) is -11.3. The third-order valence-electron chi connectivity index (χ3n) is 5.20. The molecule has 2 aromatic rings. The fourth-order valence-corrected chi connectivity index (χ4v) is 4.40. The lowest BCUT2D eigenvalue weighted by molar-refractivity contribution is -0.140. The Labute approximate surface area is 205 Å². The van der Waals surface area contributed by atoms with Gasteiger partial charge in [0.05, 0.1) is 23.6 Å². The van der Waals surface area contributed by atoms with Crippen LogP contribution in [-0.2, 0) is 28.5 Å². The smallest absolute Gasteiger partial charge is 0.419 e. The van der Waals surface area contributed by atoms with Gasteiger partial charge in [-0.15, -0.1) is 4.72 Å². The molecular weight excluding hydrogens is 522 g/mol. The Hall–Kier alpha value is -2.38. The van der Waals surface area contributed by atoms with E-state index in [9.17, 15) is 40.8 Å². The highest BCUT2D eigenvalue weighted by molar-refractivity contribution is 7.90. The van der Waals surface area contributed by atoms with Crippen molar-refractivity contribution in [3.8, 4) is 11.1 Å². The number of aliphatic carboxylic acids is 1. The van der Waals surface area contributed by atoms with Crippen LogP contribution in [0, 0.1) is 25.5 Å². The fourth-order valence-electron chi connectivity index (χ4n) is 3.59. The molecule has 13 heteroatoms. The monoisotopic (exact) mass is 545 g/mol. The van der Waals surface area contributed by atoms with E-state index in [2.05, 4.69) is 4.72 Å². The molecule has 200 valence electrons. The van der Waals surface area contributed by atoms with Crippen molar-refractivity contribution >= 4 is 17.3 Å². The molecular formula is C23H23F8NO3S. The summed E-state index contributed by atoms with van der Waals surface area (Å²) < 4.78 is 125. The summed E-state index contributed by atoms with van der Waals surface area (Å²) in [5.74, 6) is -5.38. The van der Waals surface area contributed by atoms with Gasteiger partial charge in [-0.3, -0.25) is 4.79 Å². The van der Waals surface area contributed by atoms with Crippen molar-refractivity contribution < 1.29 is 49.6 Å². The minimum absolute atomic E-state index is 0.134. The molecule has 0 aliphatic heterocycles. The minimum atomic E-state index is -5.37. The van der Waals surface area contributed by atoms with Gasteiger partial charge < -0.3 is 9.66 Å². The first-order valence-corrected chi connectivity index (χ1v) is 11.5. The van der Waals surface area contributed by atoms with Crippen molar-refractivity contribution in [3.05, 3.63) is 57.7 Å². The summed E-state index contributed by atoms with van der Waals surface area (Å²) in [5, 5.41) is 9.24. The van der Waals surface area contributed by atoms with Crippen LogP contribution in [0.5, 0.6) is 0 Å². The maximum Gasteiger partial charge on any atom is 0.419 e. The first-order chi connectivity index (χ1) is 16.2. The number of carboxylic acid groups (broad SMARTS) is 1. The molecule has 0 fully saturated rings. The third kappa shape index (κ3) is 6.48. The van der Waals surface area contributed by atoms with Gasteiger partial charge in [-0.1, -0.05) is 0 Å². The molecule has 2 rings (SSSR count). The van der Waals surface area contributed by atoms with Crippen LogP contribution in [0.25, 0.3) is 11.1 Å². The van der Waals surface area contributed by atoms with E-state index in [1.54, 1.807) is 0 Å². The molecule has 0 heterocycles. The van der Waals surface area contributed by atoms with E-state index in [1.807, 2.05) is 0 Å². The van der Waals surface area contributed by atoms with Crippen LogP contribution in [-0.4, -0.2) is 20.4 Å². The van der Waals surface area contributed by atoms with E-state index in [1.165, 1.54) is 20.8 Å². The largest absolute Gasteiger partial charge is 0.598 e. The predicted molar refractivity (Wildman–Crippen MR) is 117 cm³/mol. The Morgan fingerprint density at radius 2 is 1.47 bits per heavy atom. The Morgan fingerprint density at radius 3 is 1.86 bits per heavy atom.